The first-order valence-electron chi connectivity index (χ1n) is 25.2. The van der Waals surface area contributed by atoms with Crippen molar-refractivity contribution in [1.82, 2.24) is 0 Å². The summed E-state index contributed by atoms with van der Waals surface area (Å²) in [6.07, 6.45) is 0. The number of hydrogen-bond donors (Lipinski definition) is 0. The van der Waals surface area contributed by atoms with E-state index in [1.165, 1.54) is 38.7 Å². The van der Waals surface area contributed by atoms with Gasteiger partial charge in [-0.25, -0.2) is 0 Å². The highest BCUT2D eigenvalue weighted by Crippen LogP contribution is 2.50. The molecule has 8 aromatic rings. The number of benzene rings is 8. The summed E-state index contributed by atoms with van der Waals surface area (Å²) in [5.41, 5.74) is 21.0. The molecule has 0 radical (unpaired) electrons. The average molecular weight is 933 g/mol. The Bertz CT molecular complexity index is 3380. The Hall–Kier alpha value is -7.38. The van der Waals surface area contributed by atoms with Gasteiger partial charge >= 0.3 is 0 Å². The fourth-order valence-electron chi connectivity index (χ4n) is 10.9. The topological polar surface area (TPSA) is 43.4 Å². The van der Waals surface area contributed by atoms with E-state index in [1.54, 1.807) is 0 Å². The Morgan fingerprint density at radius 1 is 0.338 bits per heavy atom. The Morgan fingerprint density at radius 2 is 0.761 bits per heavy atom. The molecule has 0 atom stereocenters. The third-order valence-corrected chi connectivity index (χ3v) is 14.9. The maximum absolute atomic E-state index is 6.42. The normalized spacial score (nSPS) is 14.7. The summed E-state index contributed by atoms with van der Waals surface area (Å²) >= 11 is 0. The number of anilines is 6. The summed E-state index contributed by atoms with van der Waals surface area (Å²) in [4.78, 5) is 4.94. The monoisotopic (exact) mass is 932 g/mol. The highest BCUT2D eigenvalue weighted by atomic mass is 16.6. The summed E-state index contributed by atoms with van der Waals surface area (Å²) in [5, 5.41) is 0. The molecule has 0 saturated carbocycles. The molecule has 12 rings (SSSR count). The molecule has 0 N–H and O–H groups in total. The molecular formula is C64H61BN2O4. The van der Waals surface area contributed by atoms with Gasteiger partial charge in [-0.1, -0.05) is 159 Å². The molecule has 4 aliphatic heterocycles. The molecule has 0 aliphatic carbocycles. The zero-order valence-corrected chi connectivity index (χ0v) is 42.4. The Kier molecular flexibility index (Phi) is 10.5. The minimum atomic E-state index is -0.145. The first kappa shape index (κ1) is 44.8. The first-order valence-corrected chi connectivity index (χ1v) is 25.2. The van der Waals surface area contributed by atoms with E-state index in [0.717, 1.165) is 84.8 Å². The minimum Gasteiger partial charge on any atom is -0.486 e. The summed E-state index contributed by atoms with van der Waals surface area (Å²) < 4.78 is 25.2. The smallest absolute Gasteiger partial charge is 0.252 e. The lowest BCUT2D eigenvalue weighted by Gasteiger charge is -2.45. The SMILES string of the molecule is CC(C)(C)c1ccc(-c2cccc(N3c4cc(-c5ccc(C(C)(C)C)cc5)ccc4B4c5cc6c(cc5N(c5ccc7c(c5)OCCO7)c5cc(-c7ccc(C(C)(C)C)cc7)cc3c54)OCCO6)c2)cc1. The van der Waals surface area contributed by atoms with Gasteiger partial charge in [-0.05, 0) is 131 Å². The maximum atomic E-state index is 6.42. The molecule has 0 saturated heterocycles. The van der Waals surface area contributed by atoms with Crippen LogP contribution in [0, 0.1) is 0 Å². The number of nitrogens with zero attached hydrogens (tertiary/aromatic N) is 2. The van der Waals surface area contributed by atoms with Crippen molar-refractivity contribution < 1.29 is 18.9 Å². The molecule has 0 spiro atoms. The lowest BCUT2D eigenvalue weighted by atomic mass is 9.33. The quantitative estimate of drug-likeness (QED) is 0.160. The van der Waals surface area contributed by atoms with E-state index in [4.69, 9.17) is 18.9 Å². The van der Waals surface area contributed by atoms with E-state index in [1.807, 2.05) is 6.07 Å². The molecule has 354 valence electrons. The van der Waals surface area contributed by atoms with Crippen LogP contribution in [-0.4, -0.2) is 33.1 Å². The fourth-order valence-corrected chi connectivity index (χ4v) is 10.9. The van der Waals surface area contributed by atoms with Crippen LogP contribution in [0.15, 0.2) is 158 Å². The van der Waals surface area contributed by atoms with E-state index >= 15 is 0 Å². The van der Waals surface area contributed by atoms with Crippen molar-refractivity contribution in [3.8, 4) is 56.4 Å². The van der Waals surface area contributed by atoms with E-state index in [0.29, 0.717) is 26.4 Å². The second-order valence-corrected chi connectivity index (χ2v) is 22.7. The molecule has 0 fully saturated rings. The van der Waals surface area contributed by atoms with Gasteiger partial charge in [-0.3, -0.25) is 0 Å². The van der Waals surface area contributed by atoms with Gasteiger partial charge in [-0.2, -0.15) is 0 Å². The second-order valence-electron chi connectivity index (χ2n) is 22.7. The Balaban J connectivity index is 1.15. The zero-order valence-electron chi connectivity index (χ0n) is 42.4. The molecule has 6 nitrogen and oxygen atoms in total. The van der Waals surface area contributed by atoms with Crippen molar-refractivity contribution in [3.05, 3.63) is 174 Å². The molecule has 71 heavy (non-hydrogen) atoms. The maximum Gasteiger partial charge on any atom is 0.252 e. The van der Waals surface area contributed by atoms with Crippen molar-refractivity contribution in [2.24, 2.45) is 0 Å². The van der Waals surface area contributed by atoms with Crippen molar-refractivity contribution in [2.75, 3.05) is 36.2 Å². The van der Waals surface area contributed by atoms with Crippen LogP contribution in [0.1, 0.15) is 79.0 Å². The van der Waals surface area contributed by atoms with Gasteiger partial charge < -0.3 is 28.7 Å². The number of hydrogen-bond acceptors (Lipinski definition) is 6. The van der Waals surface area contributed by atoms with Gasteiger partial charge in [-0.15, -0.1) is 0 Å². The van der Waals surface area contributed by atoms with Crippen molar-refractivity contribution in [1.29, 1.82) is 0 Å². The third kappa shape index (κ3) is 7.91. The number of fused-ring (bicyclic) bond motifs is 6. The van der Waals surface area contributed by atoms with Crippen LogP contribution in [0.4, 0.5) is 34.1 Å². The Morgan fingerprint density at radius 3 is 1.30 bits per heavy atom. The van der Waals surface area contributed by atoms with Gasteiger partial charge in [0.25, 0.3) is 6.71 Å². The molecule has 4 heterocycles. The standard InChI is InChI=1S/C64H61BN2O4/c1-62(2,3)46-20-13-40(14-21-46)43-11-10-12-49(33-43)66-53-34-44(41-15-22-47(23-16-41)63(4,5)6)19-27-51(53)65-52-38-59-60(71-32-31-70-59)39-54(52)67(50-26-28-57-58(37-50)69-30-29-68-57)56-36-45(35-55(66)61(56)65)42-17-24-48(25-18-42)64(7,8)9/h10-28,33-39H,29-32H2,1-9H3. The second kappa shape index (κ2) is 16.6. The van der Waals surface area contributed by atoms with Gasteiger partial charge in [0.1, 0.15) is 26.4 Å². The van der Waals surface area contributed by atoms with Crippen molar-refractivity contribution in [2.45, 2.75) is 78.6 Å². The molecule has 0 aromatic heterocycles. The largest absolute Gasteiger partial charge is 0.486 e. The predicted molar refractivity (Wildman–Crippen MR) is 295 cm³/mol. The minimum absolute atomic E-state index is 0.0145. The van der Waals surface area contributed by atoms with E-state index in [-0.39, 0.29) is 23.0 Å². The number of rotatable bonds is 5. The van der Waals surface area contributed by atoms with Crippen molar-refractivity contribution >= 4 is 57.2 Å². The molecule has 8 aromatic carbocycles. The highest BCUT2D eigenvalue weighted by molar-refractivity contribution is 7.00. The van der Waals surface area contributed by atoms with Crippen LogP contribution in [0.3, 0.4) is 0 Å². The molecule has 0 unspecified atom stereocenters. The van der Waals surface area contributed by atoms with Crippen LogP contribution in [0.2, 0.25) is 0 Å². The van der Waals surface area contributed by atoms with E-state index in [2.05, 4.69) is 224 Å². The van der Waals surface area contributed by atoms with Crippen molar-refractivity contribution in [3.63, 3.8) is 0 Å². The van der Waals surface area contributed by atoms with Gasteiger partial charge in [0.15, 0.2) is 23.0 Å². The van der Waals surface area contributed by atoms with Crippen LogP contribution in [0.5, 0.6) is 23.0 Å². The average Bonchev–Trinajstić information content (AvgIpc) is 3.37. The molecule has 0 amide bonds. The third-order valence-electron chi connectivity index (χ3n) is 14.9. The van der Waals surface area contributed by atoms with E-state index in [9.17, 15) is 0 Å². The molecule has 7 heteroatoms. The highest BCUT2D eigenvalue weighted by Gasteiger charge is 2.45. The summed E-state index contributed by atoms with van der Waals surface area (Å²) in [6.45, 7) is 22.3. The van der Waals surface area contributed by atoms with Crippen LogP contribution in [0.25, 0.3) is 33.4 Å². The van der Waals surface area contributed by atoms with Crippen LogP contribution < -0.4 is 45.1 Å². The summed E-state index contributed by atoms with van der Waals surface area (Å²) in [7, 11) is 0. The molecule has 4 aliphatic rings. The molecular weight excluding hydrogens is 872 g/mol. The lowest BCUT2D eigenvalue weighted by Crippen LogP contribution is -2.61. The lowest BCUT2D eigenvalue weighted by molar-refractivity contribution is 0.171. The van der Waals surface area contributed by atoms with Crippen LogP contribution in [-0.2, 0) is 16.2 Å². The fraction of sp³-hybridized carbons (Fsp3) is 0.250. The van der Waals surface area contributed by atoms with Gasteiger partial charge in [0.2, 0.25) is 0 Å². The zero-order chi connectivity index (χ0) is 49.0. The summed E-state index contributed by atoms with van der Waals surface area (Å²) in [6, 6.07) is 59.2. The summed E-state index contributed by atoms with van der Waals surface area (Å²) in [5.74, 6) is 3.00. The van der Waals surface area contributed by atoms with Gasteiger partial charge in [0.05, 0.1) is 5.69 Å². The van der Waals surface area contributed by atoms with E-state index < -0.39 is 0 Å². The predicted octanol–water partition coefficient (Wildman–Crippen LogP) is 14.2. The Labute approximate surface area is 419 Å². The first-order chi connectivity index (χ1) is 34.1. The van der Waals surface area contributed by atoms with Crippen LogP contribution >= 0.6 is 0 Å². The van der Waals surface area contributed by atoms with Gasteiger partial charge in [0, 0.05) is 40.6 Å². The molecule has 0 bridgehead atoms. The number of ether oxygens (including phenoxy) is 4.